The number of guanidine groups is 1. The Morgan fingerprint density at radius 3 is 1.66 bits per heavy atom. The molecule has 0 saturated carbocycles. The van der Waals surface area contributed by atoms with Crippen LogP contribution >= 0.6 is 25.3 Å². The quantitative estimate of drug-likeness (QED) is 0.0169. The van der Waals surface area contributed by atoms with Gasteiger partial charge in [-0.2, -0.15) is 25.3 Å². The van der Waals surface area contributed by atoms with Crippen LogP contribution in [0.1, 0.15) is 72.8 Å². The average molecular weight is 991 g/mol. The molecule has 0 fully saturated rings. The molecule has 0 bridgehead atoms. The van der Waals surface area contributed by atoms with Crippen molar-refractivity contribution in [2.45, 2.75) is 122 Å². The van der Waals surface area contributed by atoms with E-state index >= 15 is 0 Å². The first-order valence-corrected chi connectivity index (χ1v) is 23.5. The molecule has 2 aromatic rings. The second-order valence-corrected chi connectivity index (χ2v) is 17.9. The summed E-state index contributed by atoms with van der Waals surface area (Å²) in [6.07, 6.45) is 2.40. The second kappa shape index (κ2) is 29.0. The van der Waals surface area contributed by atoms with E-state index in [4.69, 9.17) is 22.9 Å². The zero-order chi connectivity index (χ0) is 51.2. The second-order valence-electron chi connectivity index (χ2n) is 17.2. The Labute approximate surface area is 407 Å². The molecule has 0 radical (unpaired) electrons. The van der Waals surface area contributed by atoms with Crippen molar-refractivity contribution < 1.29 is 43.2 Å². The fraction of sp³-hybridized carbons (Fsp3) is 0.581. The summed E-state index contributed by atoms with van der Waals surface area (Å²) < 4.78 is 0. The van der Waals surface area contributed by atoms with E-state index in [-0.39, 0.29) is 67.9 Å². The van der Waals surface area contributed by atoms with E-state index in [0.717, 1.165) is 16.5 Å². The molecular formula is C43H70N14O9S2. The van der Waals surface area contributed by atoms with Gasteiger partial charge in [-0.05, 0) is 63.0 Å². The number of carbonyl (C=O) groups excluding carboxylic acids is 9. The fourth-order valence-electron chi connectivity index (χ4n) is 6.64. The van der Waals surface area contributed by atoms with Crippen molar-refractivity contribution in [2.75, 3.05) is 24.6 Å². The smallest absolute Gasteiger partial charge is 0.244 e. The molecule has 1 heterocycles. The highest BCUT2D eigenvalue weighted by molar-refractivity contribution is 7.80. The molecule has 0 aliphatic rings. The van der Waals surface area contributed by atoms with Crippen LogP contribution in [0.15, 0.2) is 35.5 Å². The number of primary amides is 1. The number of nitrogens with zero attached hydrogens (tertiary/aromatic N) is 1. The molecule has 68 heavy (non-hydrogen) atoms. The topological polar surface area (TPSA) is 382 Å². The number of aliphatic imine (C=N–C) groups is 1. The molecule has 23 nitrogen and oxygen atoms in total. The molecule has 2 rings (SSSR count). The summed E-state index contributed by atoms with van der Waals surface area (Å²) in [7, 11) is 0. The number of para-hydroxylation sites is 1. The zero-order valence-corrected chi connectivity index (χ0v) is 41.1. The van der Waals surface area contributed by atoms with E-state index in [9.17, 15) is 43.2 Å². The summed E-state index contributed by atoms with van der Waals surface area (Å²) in [6, 6.07) is -1.75. The number of amides is 9. The van der Waals surface area contributed by atoms with Gasteiger partial charge in [-0.25, -0.2) is 0 Å². The van der Waals surface area contributed by atoms with Gasteiger partial charge in [-0.3, -0.25) is 48.1 Å². The van der Waals surface area contributed by atoms with E-state index in [1.807, 2.05) is 52.0 Å². The number of thiol groups is 2. The Morgan fingerprint density at radius 2 is 1.12 bits per heavy atom. The molecule has 9 amide bonds. The SMILES string of the molecule is CC(C)C[C@H](NC(=O)[C@H](C)N)C(=O)N[C@@H](CS)C(=O)NCC(=O)N[C@@H](CCCN=C(N)N)C(=O)N[C@@H](C)C(=O)N[C@@H](CS)C(=O)N[C@@H](CC(C)C)C(=O)N[C@@H](Cc1c[nH]c2ccccc12)C(N)=O. The third-order valence-electron chi connectivity index (χ3n) is 10.3. The third-order valence-corrected chi connectivity index (χ3v) is 11.0. The van der Waals surface area contributed by atoms with Gasteiger partial charge in [0.15, 0.2) is 5.96 Å². The molecule has 17 N–H and O–H groups in total. The highest BCUT2D eigenvalue weighted by Crippen LogP contribution is 2.19. The summed E-state index contributed by atoms with van der Waals surface area (Å²) in [4.78, 5) is 125. The molecule has 1 aromatic carbocycles. The van der Waals surface area contributed by atoms with Gasteiger partial charge in [0.2, 0.25) is 53.2 Å². The van der Waals surface area contributed by atoms with Crippen LogP contribution in [-0.4, -0.2) is 137 Å². The lowest BCUT2D eigenvalue weighted by atomic mass is 10.0. The first-order valence-electron chi connectivity index (χ1n) is 22.2. The van der Waals surface area contributed by atoms with Gasteiger partial charge in [0.05, 0.1) is 12.6 Å². The lowest BCUT2D eigenvalue weighted by molar-refractivity contribution is -0.134. The van der Waals surface area contributed by atoms with Crippen molar-refractivity contribution in [3.63, 3.8) is 0 Å². The minimum absolute atomic E-state index is 0.00650. The van der Waals surface area contributed by atoms with Gasteiger partial charge in [0.1, 0.15) is 42.3 Å². The van der Waals surface area contributed by atoms with Crippen LogP contribution in [0.25, 0.3) is 10.9 Å². The van der Waals surface area contributed by atoms with Crippen LogP contribution in [0.4, 0.5) is 0 Å². The maximum absolute atomic E-state index is 13.6. The number of hydrogen-bond acceptors (Lipinski definition) is 13. The van der Waals surface area contributed by atoms with Gasteiger partial charge >= 0.3 is 0 Å². The maximum atomic E-state index is 13.6. The van der Waals surface area contributed by atoms with E-state index < -0.39 is 108 Å². The number of hydrogen-bond donors (Lipinski definition) is 15. The maximum Gasteiger partial charge on any atom is 0.244 e. The fourth-order valence-corrected chi connectivity index (χ4v) is 7.16. The van der Waals surface area contributed by atoms with Gasteiger partial charge < -0.3 is 70.5 Å². The summed E-state index contributed by atoms with van der Waals surface area (Å²) >= 11 is 8.40. The summed E-state index contributed by atoms with van der Waals surface area (Å²) in [6.45, 7) is 9.61. The molecule has 8 atom stereocenters. The largest absolute Gasteiger partial charge is 0.370 e. The number of nitrogens with two attached hydrogens (primary N) is 4. The summed E-state index contributed by atoms with van der Waals surface area (Å²) in [5, 5.41) is 21.2. The van der Waals surface area contributed by atoms with Crippen LogP contribution in [0.2, 0.25) is 0 Å². The van der Waals surface area contributed by atoms with E-state index in [2.05, 4.69) is 77.8 Å². The number of benzene rings is 1. The van der Waals surface area contributed by atoms with Crippen molar-refractivity contribution in [1.82, 2.24) is 47.5 Å². The number of aromatic nitrogens is 1. The summed E-state index contributed by atoms with van der Waals surface area (Å²) in [5.74, 6) is -7.32. The Morgan fingerprint density at radius 1 is 0.618 bits per heavy atom. The lowest BCUT2D eigenvalue weighted by Gasteiger charge is -2.26. The average Bonchev–Trinajstić information content (AvgIpc) is 3.68. The first kappa shape index (κ1) is 58.0. The van der Waals surface area contributed by atoms with Crippen molar-refractivity contribution in [3.8, 4) is 0 Å². The van der Waals surface area contributed by atoms with Crippen molar-refractivity contribution in [2.24, 2.45) is 39.8 Å². The number of carbonyl (C=O) groups is 9. The third kappa shape index (κ3) is 20.0. The number of rotatable bonds is 29. The number of aromatic amines is 1. The van der Waals surface area contributed by atoms with Crippen LogP contribution in [0, 0.1) is 11.8 Å². The Hall–Kier alpha value is -6.08. The highest BCUT2D eigenvalue weighted by atomic mass is 32.1. The van der Waals surface area contributed by atoms with Crippen molar-refractivity contribution >= 4 is 95.3 Å². The monoisotopic (exact) mass is 990 g/mol. The Balaban J connectivity index is 2.10. The highest BCUT2D eigenvalue weighted by Gasteiger charge is 2.32. The van der Waals surface area contributed by atoms with Crippen molar-refractivity contribution in [3.05, 3.63) is 36.0 Å². The van der Waals surface area contributed by atoms with Gasteiger partial charge in [-0.1, -0.05) is 45.9 Å². The lowest BCUT2D eigenvalue weighted by Crippen LogP contribution is -2.59. The van der Waals surface area contributed by atoms with Gasteiger partial charge in [0, 0.05) is 41.6 Å². The zero-order valence-electron chi connectivity index (χ0n) is 39.3. The number of H-pyrrole nitrogens is 1. The predicted octanol–water partition coefficient (Wildman–Crippen LogP) is -2.92. The van der Waals surface area contributed by atoms with Crippen molar-refractivity contribution in [1.29, 1.82) is 0 Å². The van der Waals surface area contributed by atoms with Crippen LogP contribution in [-0.2, 0) is 49.6 Å². The van der Waals surface area contributed by atoms with Gasteiger partial charge in [-0.15, -0.1) is 0 Å². The number of nitrogens with one attached hydrogen (secondary N) is 9. The standard InChI is InChI=1S/C43H70N14O9S2/c1-21(2)14-30(54-36(60)23(5)44)41(65)57-32(19-67)38(62)50-18-34(58)52-28(12-9-13-48-43(46)47)39(63)51-24(6)37(61)56-33(20-68)42(66)55-31(15-22(3)4)40(64)53-29(35(45)59)16-25-17-49-27-11-8-7-10-26(25)27/h7-8,10-11,17,21-24,28-33,49,67-68H,9,12-16,18-20,44H2,1-6H3,(H2,45,59)(H,50,62)(H,51,63)(H,52,58)(H,53,64)(H,54,60)(H,55,66)(H,56,61)(H,57,65)(H4,46,47,48)/t23-,24-,28-,29-,30-,31-,32-,33-/m0/s1. The molecule has 0 saturated heterocycles. The normalized spacial score (nSPS) is 14.7. The summed E-state index contributed by atoms with van der Waals surface area (Å²) in [5.41, 5.74) is 23.8. The molecule has 25 heteroatoms. The Bertz CT molecular complexity index is 2100. The van der Waals surface area contributed by atoms with Crippen LogP contribution < -0.4 is 65.5 Å². The van der Waals surface area contributed by atoms with E-state index in [1.54, 1.807) is 6.20 Å². The molecule has 0 spiro atoms. The molecule has 0 aliphatic carbocycles. The molecule has 378 valence electrons. The van der Waals surface area contributed by atoms with E-state index in [0.29, 0.717) is 0 Å². The van der Waals surface area contributed by atoms with E-state index in [1.165, 1.54) is 13.8 Å². The van der Waals surface area contributed by atoms with Crippen LogP contribution in [0.3, 0.4) is 0 Å². The molecular weight excluding hydrogens is 921 g/mol. The predicted molar refractivity (Wildman–Crippen MR) is 264 cm³/mol. The Kier molecular flexibility index (Phi) is 24.7. The molecule has 0 aliphatic heterocycles. The van der Waals surface area contributed by atoms with Crippen LogP contribution in [0.5, 0.6) is 0 Å². The van der Waals surface area contributed by atoms with Gasteiger partial charge in [0.25, 0.3) is 0 Å². The molecule has 0 unspecified atom stereocenters. The molecule has 1 aromatic heterocycles. The first-order chi connectivity index (χ1) is 32.0. The minimum atomic E-state index is -1.29. The number of fused-ring (bicyclic) bond motifs is 1. The minimum Gasteiger partial charge on any atom is -0.370 e.